The van der Waals surface area contributed by atoms with Crippen molar-refractivity contribution in [2.75, 3.05) is 26.7 Å². The van der Waals surface area contributed by atoms with Gasteiger partial charge in [0.05, 0.1) is 5.92 Å². The normalized spacial score (nSPS) is 24.3. The first-order valence-corrected chi connectivity index (χ1v) is 8.35. The number of rotatable bonds is 4. The fourth-order valence-corrected chi connectivity index (χ4v) is 4.02. The molecule has 2 aliphatic rings. The van der Waals surface area contributed by atoms with Crippen LogP contribution in [0.5, 0.6) is 0 Å². The van der Waals surface area contributed by atoms with Gasteiger partial charge in [-0.3, -0.25) is 9.59 Å². The summed E-state index contributed by atoms with van der Waals surface area (Å²) in [6.45, 7) is 2.57. The van der Waals surface area contributed by atoms with Crippen LogP contribution >= 0.6 is 0 Å². The fourth-order valence-electron chi connectivity index (χ4n) is 4.02. The topological polar surface area (TPSA) is 66.6 Å². The highest BCUT2D eigenvalue weighted by Crippen LogP contribution is 2.44. The van der Waals surface area contributed by atoms with E-state index in [1.54, 1.807) is 0 Å². The number of carbonyl (C=O) groups is 2. The summed E-state index contributed by atoms with van der Waals surface area (Å²) in [4.78, 5) is 27.9. The lowest BCUT2D eigenvalue weighted by Gasteiger charge is -2.43. The Hall–Kier alpha value is -1.88. The molecule has 1 spiro atoms. The smallest absolute Gasteiger partial charge is 0.230 e. The van der Waals surface area contributed by atoms with Gasteiger partial charge < -0.3 is 15.5 Å². The highest BCUT2D eigenvalue weighted by atomic mass is 16.2. The lowest BCUT2D eigenvalue weighted by atomic mass is 9.81. The van der Waals surface area contributed by atoms with Crippen molar-refractivity contribution in [2.45, 2.75) is 37.1 Å². The monoisotopic (exact) mass is 315 g/mol. The highest BCUT2D eigenvalue weighted by Gasteiger charge is 2.50. The van der Waals surface area contributed by atoms with Gasteiger partial charge in [0, 0.05) is 38.6 Å². The van der Waals surface area contributed by atoms with E-state index in [0.717, 1.165) is 44.5 Å². The van der Waals surface area contributed by atoms with Crippen molar-refractivity contribution < 1.29 is 9.59 Å². The van der Waals surface area contributed by atoms with Gasteiger partial charge in [-0.2, -0.15) is 0 Å². The molecule has 1 aromatic carbocycles. The molecule has 0 saturated carbocycles. The van der Waals surface area contributed by atoms with E-state index in [9.17, 15) is 9.59 Å². The van der Waals surface area contributed by atoms with Gasteiger partial charge >= 0.3 is 0 Å². The minimum absolute atomic E-state index is 0.0154. The number of likely N-dealkylation sites (N-methyl/N-ethyl adjacent to an activating group) is 1. The third kappa shape index (κ3) is 3.11. The number of hydrogen-bond donors (Lipinski definition) is 1. The summed E-state index contributed by atoms with van der Waals surface area (Å²) in [5, 5.41) is 0. The van der Waals surface area contributed by atoms with Crippen LogP contribution in [-0.2, 0) is 9.59 Å². The van der Waals surface area contributed by atoms with Crippen LogP contribution in [0.1, 0.15) is 37.2 Å². The van der Waals surface area contributed by atoms with Crippen LogP contribution in [0.15, 0.2) is 30.3 Å². The molecule has 2 amide bonds. The van der Waals surface area contributed by atoms with Crippen molar-refractivity contribution in [3.63, 3.8) is 0 Å². The molecule has 124 valence electrons. The van der Waals surface area contributed by atoms with E-state index in [2.05, 4.69) is 17.0 Å². The van der Waals surface area contributed by atoms with E-state index in [-0.39, 0.29) is 23.3 Å². The predicted molar refractivity (Wildman–Crippen MR) is 88.8 cm³/mol. The number of likely N-dealkylation sites (tertiary alicyclic amines) is 2. The molecule has 2 fully saturated rings. The molecule has 2 N–H and O–H groups in total. The molecule has 0 aliphatic carbocycles. The third-order valence-corrected chi connectivity index (χ3v) is 5.59. The Morgan fingerprint density at radius 1 is 1.26 bits per heavy atom. The number of nitrogens with zero attached hydrogens (tertiary/aromatic N) is 2. The first-order chi connectivity index (χ1) is 11.0. The van der Waals surface area contributed by atoms with Gasteiger partial charge in [-0.1, -0.05) is 30.3 Å². The summed E-state index contributed by atoms with van der Waals surface area (Å²) in [5.74, 6) is -0.0252. The molecule has 23 heavy (non-hydrogen) atoms. The minimum atomic E-state index is -0.248. The van der Waals surface area contributed by atoms with Gasteiger partial charge in [-0.05, 0) is 24.8 Å². The summed E-state index contributed by atoms with van der Waals surface area (Å²) >= 11 is 0. The zero-order valence-electron chi connectivity index (χ0n) is 13.7. The van der Waals surface area contributed by atoms with Gasteiger partial charge in [-0.25, -0.2) is 0 Å². The molecular weight excluding hydrogens is 290 g/mol. The lowest BCUT2D eigenvalue weighted by molar-refractivity contribution is -0.131. The summed E-state index contributed by atoms with van der Waals surface area (Å²) in [6, 6.07) is 10.1. The Labute approximate surface area is 137 Å². The molecule has 3 rings (SSSR count). The van der Waals surface area contributed by atoms with E-state index in [1.165, 1.54) is 0 Å². The maximum atomic E-state index is 12.7. The lowest BCUT2D eigenvalue weighted by Crippen LogP contribution is -2.51. The second kappa shape index (κ2) is 6.32. The second-order valence-corrected chi connectivity index (χ2v) is 6.85. The molecule has 1 atom stereocenters. The third-order valence-electron chi connectivity index (χ3n) is 5.59. The average molecular weight is 315 g/mol. The van der Waals surface area contributed by atoms with E-state index >= 15 is 0 Å². The molecule has 5 heteroatoms. The summed E-state index contributed by atoms with van der Waals surface area (Å²) in [5.41, 5.74) is 6.33. The Balaban J connectivity index is 1.67. The van der Waals surface area contributed by atoms with Crippen molar-refractivity contribution >= 4 is 11.8 Å². The number of amides is 2. The zero-order valence-corrected chi connectivity index (χ0v) is 13.7. The number of piperidine rings is 1. The molecule has 2 heterocycles. The van der Waals surface area contributed by atoms with Crippen LogP contribution in [0.4, 0.5) is 0 Å². The minimum Gasteiger partial charge on any atom is -0.370 e. The Kier molecular flexibility index (Phi) is 4.39. The first kappa shape index (κ1) is 16.0. The number of primary amides is 1. The Morgan fingerprint density at radius 3 is 2.52 bits per heavy atom. The second-order valence-electron chi connectivity index (χ2n) is 6.85. The highest BCUT2D eigenvalue weighted by molar-refractivity contribution is 5.87. The van der Waals surface area contributed by atoms with Gasteiger partial charge in [0.25, 0.3) is 0 Å². The van der Waals surface area contributed by atoms with Crippen LogP contribution in [-0.4, -0.2) is 53.8 Å². The summed E-state index contributed by atoms with van der Waals surface area (Å²) in [6.07, 6.45) is 3.25. The van der Waals surface area contributed by atoms with E-state index in [4.69, 9.17) is 5.73 Å². The van der Waals surface area contributed by atoms with Crippen LogP contribution in [0.2, 0.25) is 0 Å². The molecule has 1 unspecified atom stereocenters. The van der Waals surface area contributed by atoms with E-state index < -0.39 is 0 Å². The summed E-state index contributed by atoms with van der Waals surface area (Å²) in [7, 11) is 1.95. The van der Waals surface area contributed by atoms with E-state index in [1.807, 2.05) is 30.1 Å². The zero-order chi connectivity index (χ0) is 16.4. The van der Waals surface area contributed by atoms with Gasteiger partial charge in [0.15, 0.2) is 0 Å². The molecule has 2 saturated heterocycles. The largest absolute Gasteiger partial charge is 0.370 e. The molecule has 0 bridgehead atoms. The average Bonchev–Trinajstić information content (AvgIpc) is 2.81. The van der Waals surface area contributed by atoms with Gasteiger partial charge in [0.2, 0.25) is 11.8 Å². The van der Waals surface area contributed by atoms with Crippen LogP contribution < -0.4 is 5.73 Å². The van der Waals surface area contributed by atoms with Gasteiger partial charge in [-0.15, -0.1) is 0 Å². The standard InChI is InChI=1S/C18H25N3O2/c1-20-17(23)15(14-5-3-2-4-6-14)13-18(20)8-11-21(12-9-18)10-7-16(19)22/h2-6,15H,7-13H2,1H3,(H2,19,22). The van der Waals surface area contributed by atoms with Crippen molar-refractivity contribution in [3.05, 3.63) is 35.9 Å². The maximum absolute atomic E-state index is 12.7. The number of nitrogens with two attached hydrogens (primary N) is 1. The number of hydrogen-bond acceptors (Lipinski definition) is 3. The van der Waals surface area contributed by atoms with Crippen molar-refractivity contribution in [1.82, 2.24) is 9.80 Å². The molecule has 2 aliphatic heterocycles. The van der Waals surface area contributed by atoms with Crippen molar-refractivity contribution in [2.24, 2.45) is 5.73 Å². The first-order valence-electron chi connectivity index (χ1n) is 8.35. The maximum Gasteiger partial charge on any atom is 0.230 e. The molecule has 0 aromatic heterocycles. The SMILES string of the molecule is CN1C(=O)C(c2ccccc2)CC12CCN(CCC(N)=O)CC2. The van der Waals surface area contributed by atoms with Crippen LogP contribution in [0.3, 0.4) is 0 Å². The Morgan fingerprint density at radius 2 is 1.91 bits per heavy atom. The molecule has 1 aromatic rings. The number of benzene rings is 1. The predicted octanol–water partition coefficient (Wildman–Crippen LogP) is 1.34. The van der Waals surface area contributed by atoms with E-state index in [0.29, 0.717) is 6.42 Å². The fraction of sp³-hybridized carbons (Fsp3) is 0.556. The van der Waals surface area contributed by atoms with Crippen LogP contribution in [0.25, 0.3) is 0 Å². The molecule has 0 radical (unpaired) electrons. The van der Waals surface area contributed by atoms with Gasteiger partial charge in [0.1, 0.15) is 0 Å². The summed E-state index contributed by atoms with van der Waals surface area (Å²) < 4.78 is 0. The molecular formula is C18H25N3O2. The van der Waals surface area contributed by atoms with Crippen molar-refractivity contribution in [1.29, 1.82) is 0 Å². The Bertz CT molecular complexity index is 579. The van der Waals surface area contributed by atoms with Crippen molar-refractivity contribution in [3.8, 4) is 0 Å². The quantitative estimate of drug-likeness (QED) is 0.912. The van der Waals surface area contributed by atoms with Crippen LogP contribution in [0, 0.1) is 0 Å². The molecule has 5 nitrogen and oxygen atoms in total. The number of carbonyl (C=O) groups excluding carboxylic acids is 2.